The van der Waals surface area contributed by atoms with Gasteiger partial charge in [-0.05, 0) is 53.6 Å². The van der Waals surface area contributed by atoms with Crippen molar-refractivity contribution in [2.75, 3.05) is 6.54 Å². The second-order valence-electron chi connectivity index (χ2n) is 4.10. The summed E-state index contributed by atoms with van der Waals surface area (Å²) < 4.78 is 0.937. The highest BCUT2D eigenvalue weighted by Crippen LogP contribution is 2.29. The Morgan fingerprint density at radius 3 is 2.88 bits per heavy atom. The highest BCUT2D eigenvalue weighted by molar-refractivity contribution is 14.1. The van der Waals surface area contributed by atoms with Gasteiger partial charge in [0.2, 0.25) is 0 Å². The normalized spacial score (nSPS) is 14.5. The molecule has 0 aromatic heterocycles. The maximum Gasteiger partial charge on any atom is 0.255 e. The molecule has 1 aliphatic rings. The first-order chi connectivity index (χ1) is 8.13. The largest absolute Gasteiger partial charge is 0.332 e. The number of hydrogen-bond acceptors (Lipinski definition) is 1. The molecule has 0 unspecified atom stereocenters. The molecule has 1 amide bonds. The molecule has 1 saturated carbocycles. The number of benzene rings is 1. The average Bonchev–Trinajstić information content (AvgIpc) is 3.12. The van der Waals surface area contributed by atoms with Crippen LogP contribution in [0.4, 0.5) is 0 Å². The van der Waals surface area contributed by atoms with Crippen LogP contribution in [0.5, 0.6) is 0 Å². The molecule has 1 aromatic carbocycles. The Morgan fingerprint density at radius 2 is 2.29 bits per heavy atom. The lowest BCUT2D eigenvalue weighted by Gasteiger charge is -2.21. The van der Waals surface area contributed by atoms with Gasteiger partial charge in [0.25, 0.3) is 5.91 Å². The van der Waals surface area contributed by atoms with Crippen LogP contribution < -0.4 is 0 Å². The summed E-state index contributed by atoms with van der Waals surface area (Å²) in [6.45, 7) is 4.31. The zero-order valence-electron chi connectivity index (χ0n) is 9.33. The summed E-state index contributed by atoms with van der Waals surface area (Å²) in [6.07, 6.45) is 3.96. The van der Waals surface area contributed by atoms with Crippen molar-refractivity contribution >= 4 is 40.1 Å². The molecule has 0 atom stereocenters. The summed E-state index contributed by atoms with van der Waals surface area (Å²) in [5.74, 6) is 0.0549. The zero-order valence-corrected chi connectivity index (χ0v) is 12.2. The quantitative estimate of drug-likeness (QED) is 0.591. The molecule has 0 N–H and O–H groups in total. The number of nitrogens with zero attached hydrogens (tertiary/aromatic N) is 1. The van der Waals surface area contributed by atoms with E-state index >= 15 is 0 Å². The van der Waals surface area contributed by atoms with E-state index in [9.17, 15) is 4.79 Å². The molecule has 2 rings (SSSR count). The fourth-order valence-electron chi connectivity index (χ4n) is 1.74. The summed E-state index contributed by atoms with van der Waals surface area (Å²) in [6, 6.07) is 5.80. The third-order valence-corrected chi connectivity index (χ3v) is 3.91. The molecule has 4 heteroatoms. The first kappa shape index (κ1) is 12.9. The molecule has 17 heavy (non-hydrogen) atoms. The van der Waals surface area contributed by atoms with E-state index in [4.69, 9.17) is 11.6 Å². The van der Waals surface area contributed by atoms with Crippen molar-refractivity contribution in [3.05, 3.63) is 45.0 Å². The van der Waals surface area contributed by atoms with Crippen LogP contribution in [0, 0.1) is 3.57 Å². The van der Waals surface area contributed by atoms with Crippen molar-refractivity contribution in [1.82, 2.24) is 4.90 Å². The van der Waals surface area contributed by atoms with Crippen molar-refractivity contribution in [2.24, 2.45) is 0 Å². The van der Waals surface area contributed by atoms with Crippen LogP contribution >= 0.6 is 34.2 Å². The van der Waals surface area contributed by atoms with Crippen molar-refractivity contribution in [1.29, 1.82) is 0 Å². The minimum absolute atomic E-state index is 0.0549. The Balaban J connectivity index is 2.27. The standard InChI is InChI=1S/C13H13ClINO/c1-2-7-16(10-4-5-10)13(17)11-8-9(14)3-6-12(11)15/h2-3,6,8,10H,1,4-5,7H2. The van der Waals surface area contributed by atoms with Gasteiger partial charge in [-0.25, -0.2) is 0 Å². The van der Waals surface area contributed by atoms with E-state index in [1.807, 2.05) is 11.0 Å². The summed E-state index contributed by atoms with van der Waals surface area (Å²) >= 11 is 8.11. The summed E-state index contributed by atoms with van der Waals surface area (Å²) in [5, 5.41) is 0.600. The third-order valence-electron chi connectivity index (χ3n) is 2.73. The van der Waals surface area contributed by atoms with E-state index in [1.165, 1.54) is 0 Å². The highest BCUT2D eigenvalue weighted by Gasteiger charge is 2.32. The topological polar surface area (TPSA) is 20.3 Å². The maximum absolute atomic E-state index is 12.4. The van der Waals surface area contributed by atoms with Gasteiger partial charge in [-0.3, -0.25) is 4.79 Å². The third kappa shape index (κ3) is 3.01. The Bertz CT molecular complexity index is 457. The van der Waals surface area contributed by atoms with Gasteiger partial charge in [-0.15, -0.1) is 6.58 Å². The Hall–Kier alpha value is -0.550. The second kappa shape index (κ2) is 5.40. The van der Waals surface area contributed by atoms with Crippen LogP contribution in [0.1, 0.15) is 23.2 Å². The Morgan fingerprint density at radius 1 is 1.59 bits per heavy atom. The lowest BCUT2D eigenvalue weighted by atomic mass is 10.2. The van der Waals surface area contributed by atoms with Crippen LogP contribution in [0.15, 0.2) is 30.9 Å². The molecule has 1 fully saturated rings. The number of halogens is 2. The van der Waals surface area contributed by atoms with Crippen LogP contribution in [-0.2, 0) is 0 Å². The van der Waals surface area contributed by atoms with Gasteiger partial charge >= 0.3 is 0 Å². The zero-order chi connectivity index (χ0) is 12.4. The maximum atomic E-state index is 12.4. The van der Waals surface area contributed by atoms with Crippen molar-refractivity contribution in [2.45, 2.75) is 18.9 Å². The van der Waals surface area contributed by atoms with E-state index in [0.717, 1.165) is 16.4 Å². The van der Waals surface area contributed by atoms with Crippen molar-refractivity contribution in [3.63, 3.8) is 0 Å². The molecule has 2 nitrogen and oxygen atoms in total. The predicted octanol–water partition coefficient (Wildman–Crippen LogP) is 3.74. The summed E-state index contributed by atoms with van der Waals surface area (Å²) in [5.41, 5.74) is 0.687. The Labute approximate surface area is 120 Å². The van der Waals surface area contributed by atoms with Crippen LogP contribution in [0.2, 0.25) is 5.02 Å². The van der Waals surface area contributed by atoms with Crippen LogP contribution in [0.25, 0.3) is 0 Å². The lowest BCUT2D eigenvalue weighted by molar-refractivity contribution is 0.0761. The number of hydrogen-bond donors (Lipinski definition) is 0. The predicted molar refractivity (Wildman–Crippen MR) is 78.4 cm³/mol. The number of amides is 1. The van der Waals surface area contributed by atoms with E-state index in [1.54, 1.807) is 18.2 Å². The number of carbonyl (C=O) groups is 1. The van der Waals surface area contributed by atoms with Gasteiger partial charge in [0.05, 0.1) is 5.56 Å². The lowest BCUT2D eigenvalue weighted by Crippen LogP contribution is -2.33. The molecule has 0 radical (unpaired) electrons. The molecule has 1 aromatic rings. The minimum atomic E-state index is 0.0549. The van der Waals surface area contributed by atoms with Gasteiger partial charge in [0, 0.05) is 21.2 Å². The van der Waals surface area contributed by atoms with E-state index in [0.29, 0.717) is 23.2 Å². The smallest absolute Gasteiger partial charge is 0.255 e. The number of rotatable bonds is 4. The molecule has 1 aliphatic carbocycles. The van der Waals surface area contributed by atoms with Gasteiger partial charge < -0.3 is 4.90 Å². The van der Waals surface area contributed by atoms with E-state index in [-0.39, 0.29) is 5.91 Å². The van der Waals surface area contributed by atoms with Crippen LogP contribution in [0.3, 0.4) is 0 Å². The SMILES string of the molecule is C=CCN(C(=O)c1cc(Cl)ccc1I)C1CC1. The van der Waals surface area contributed by atoms with Crippen molar-refractivity contribution < 1.29 is 4.79 Å². The highest BCUT2D eigenvalue weighted by atomic mass is 127. The average molecular weight is 362 g/mol. The minimum Gasteiger partial charge on any atom is -0.332 e. The first-order valence-corrected chi connectivity index (χ1v) is 6.96. The van der Waals surface area contributed by atoms with Crippen LogP contribution in [-0.4, -0.2) is 23.4 Å². The molecule has 0 spiro atoms. The Kier molecular flexibility index (Phi) is 4.09. The molecule has 0 heterocycles. The van der Waals surface area contributed by atoms with Gasteiger partial charge in [0.1, 0.15) is 0 Å². The second-order valence-corrected chi connectivity index (χ2v) is 5.70. The summed E-state index contributed by atoms with van der Waals surface area (Å²) in [4.78, 5) is 14.3. The van der Waals surface area contributed by atoms with Crippen molar-refractivity contribution in [3.8, 4) is 0 Å². The molecule has 0 aliphatic heterocycles. The summed E-state index contributed by atoms with van der Waals surface area (Å²) in [7, 11) is 0. The van der Waals surface area contributed by atoms with E-state index < -0.39 is 0 Å². The molecular weight excluding hydrogens is 349 g/mol. The van der Waals surface area contributed by atoms with Gasteiger partial charge in [-0.1, -0.05) is 17.7 Å². The number of carbonyl (C=O) groups excluding carboxylic acids is 1. The van der Waals surface area contributed by atoms with Gasteiger partial charge in [-0.2, -0.15) is 0 Å². The van der Waals surface area contributed by atoms with E-state index in [2.05, 4.69) is 29.2 Å². The molecular formula is C13H13ClINO. The monoisotopic (exact) mass is 361 g/mol. The first-order valence-electron chi connectivity index (χ1n) is 5.50. The fraction of sp³-hybridized carbons (Fsp3) is 0.308. The molecule has 90 valence electrons. The van der Waals surface area contributed by atoms with Gasteiger partial charge in [0.15, 0.2) is 0 Å². The molecule has 0 saturated heterocycles. The molecule has 0 bridgehead atoms. The fourth-order valence-corrected chi connectivity index (χ4v) is 2.48.